The first-order valence-corrected chi connectivity index (χ1v) is 10.7. The minimum absolute atomic E-state index is 0.194. The zero-order valence-electron chi connectivity index (χ0n) is 19.9. The summed E-state index contributed by atoms with van der Waals surface area (Å²) in [6.45, 7) is 5.28. The van der Waals surface area contributed by atoms with Gasteiger partial charge in [-0.05, 0) is 50.3 Å². The molecule has 0 bridgehead atoms. The second kappa shape index (κ2) is 8.97. The van der Waals surface area contributed by atoms with Crippen LogP contribution in [0.15, 0.2) is 48.8 Å². The van der Waals surface area contributed by atoms with E-state index in [0.29, 0.717) is 22.4 Å². The van der Waals surface area contributed by atoms with Crippen molar-refractivity contribution in [2.24, 2.45) is 14.1 Å². The molecule has 0 fully saturated rings. The van der Waals surface area contributed by atoms with E-state index in [4.69, 9.17) is 9.57 Å². The summed E-state index contributed by atoms with van der Waals surface area (Å²) < 4.78 is 8.32. The van der Waals surface area contributed by atoms with Crippen LogP contribution in [-0.2, 0) is 18.8 Å². The fourth-order valence-electron chi connectivity index (χ4n) is 3.35. The van der Waals surface area contributed by atoms with Crippen molar-refractivity contribution in [2.45, 2.75) is 26.4 Å². The van der Waals surface area contributed by atoms with Crippen LogP contribution in [0.25, 0.3) is 11.0 Å². The van der Waals surface area contributed by atoms with Crippen molar-refractivity contribution in [3.05, 3.63) is 60.2 Å². The predicted octanol–water partition coefficient (Wildman–Crippen LogP) is 2.98. The van der Waals surface area contributed by atoms with Crippen molar-refractivity contribution in [1.29, 1.82) is 0 Å². The van der Waals surface area contributed by atoms with Gasteiger partial charge >= 0.3 is 12.1 Å². The maximum absolute atomic E-state index is 12.8. The van der Waals surface area contributed by atoms with E-state index in [1.54, 1.807) is 76.1 Å². The number of ether oxygens (including phenoxy) is 1. The molecule has 0 atom stereocenters. The lowest BCUT2D eigenvalue weighted by Crippen LogP contribution is -2.27. The Morgan fingerprint density at radius 2 is 1.54 bits per heavy atom. The molecule has 2 N–H and O–H groups in total. The Morgan fingerprint density at radius 1 is 0.914 bits per heavy atom. The molecule has 0 spiro atoms. The number of carbonyl (C=O) groups is 3. The first-order chi connectivity index (χ1) is 16.5. The summed E-state index contributed by atoms with van der Waals surface area (Å²) in [6.07, 6.45) is 2.55. The maximum Gasteiger partial charge on any atom is 0.412 e. The number of para-hydroxylation sites is 1. The highest BCUT2D eigenvalue weighted by Crippen LogP contribution is 2.19. The molecular formula is C23H25N7O5. The Bertz CT molecular complexity index is 1420. The van der Waals surface area contributed by atoms with Crippen LogP contribution in [0, 0.1) is 0 Å². The number of carbonyl (C=O) groups excluding carboxylic acids is 3. The number of benzene rings is 1. The van der Waals surface area contributed by atoms with Crippen LogP contribution in [0.2, 0.25) is 0 Å². The fraction of sp³-hybridized carbons (Fsp3) is 0.261. The van der Waals surface area contributed by atoms with Gasteiger partial charge in [0.05, 0.1) is 11.4 Å². The molecule has 0 saturated heterocycles. The van der Waals surface area contributed by atoms with Gasteiger partial charge in [-0.25, -0.2) is 9.59 Å². The van der Waals surface area contributed by atoms with E-state index in [0.717, 1.165) is 4.85 Å². The third kappa shape index (κ3) is 5.32. The van der Waals surface area contributed by atoms with E-state index in [-0.39, 0.29) is 11.4 Å². The van der Waals surface area contributed by atoms with Crippen molar-refractivity contribution in [1.82, 2.24) is 24.3 Å². The summed E-state index contributed by atoms with van der Waals surface area (Å²) in [5.74, 6) is -1.11. The number of hydrogen-bond acceptors (Lipinski definition) is 7. The lowest BCUT2D eigenvalue weighted by Gasteiger charge is -2.19. The number of amides is 2. The molecule has 3 heterocycles. The van der Waals surface area contributed by atoms with Gasteiger partial charge in [-0.15, -0.1) is 5.10 Å². The van der Waals surface area contributed by atoms with Gasteiger partial charge in [0.1, 0.15) is 28.0 Å². The molecule has 0 aliphatic rings. The molecule has 0 radical (unpaired) electrons. The molecule has 4 rings (SSSR count). The summed E-state index contributed by atoms with van der Waals surface area (Å²) in [5.41, 5.74) is 1.76. The molecule has 0 aliphatic heterocycles. The lowest BCUT2D eigenvalue weighted by molar-refractivity contribution is 0.0397. The number of aryl methyl sites for hydroxylation is 2. The lowest BCUT2D eigenvalue weighted by atomic mass is 10.2. The van der Waals surface area contributed by atoms with E-state index in [1.807, 2.05) is 0 Å². The molecule has 4 aromatic rings. The molecular weight excluding hydrogens is 454 g/mol. The monoisotopic (exact) mass is 479 g/mol. The molecule has 0 aliphatic carbocycles. The Labute approximate surface area is 200 Å². The topological polar surface area (TPSA) is 134 Å². The van der Waals surface area contributed by atoms with E-state index < -0.39 is 23.6 Å². The van der Waals surface area contributed by atoms with Crippen LogP contribution in [0.1, 0.15) is 41.7 Å². The predicted molar refractivity (Wildman–Crippen MR) is 127 cm³/mol. The molecule has 0 unspecified atom stereocenters. The minimum atomic E-state index is -0.675. The Hall–Kier alpha value is -4.61. The zero-order valence-corrected chi connectivity index (χ0v) is 19.9. The molecule has 3 aromatic heterocycles. The van der Waals surface area contributed by atoms with Crippen molar-refractivity contribution in [3.63, 3.8) is 0 Å². The summed E-state index contributed by atoms with van der Waals surface area (Å²) in [6, 6.07) is 10.1. The molecule has 12 heteroatoms. The van der Waals surface area contributed by atoms with Crippen LogP contribution < -0.4 is 15.5 Å². The van der Waals surface area contributed by atoms with Gasteiger partial charge in [0.25, 0.3) is 5.91 Å². The quantitative estimate of drug-likeness (QED) is 0.420. The number of rotatable bonds is 5. The van der Waals surface area contributed by atoms with Crippen LogP contribution in [0.3, 0.4) is 0 Å². The van der Waals surface area contributed by atoms with Crippen LogP contribution in [0.5, 0.6) is 0 Å². The summed E-state index contributed by atoms with van der Waals surface area (Å²) in [5, 5.41) is 13.1. The Kier molecular flexibility index (Phi) is 6.03. The summed E-state index contributed by atoms with van der Waals surface area (Å²) >= 11 is 0. The second-order valence-electron chi connectivity index (χ2n) is 8.86. The van der Waals surface area contributed by atoms with Crippen LogP contribution in [-0.4, -0.2) is 47.9 Å². The van der Waals surface area contributed by atoms with E-state index in [2.05, 4.69) is 20.9 Å². The Balaban J connectivity index is 1.44. The normalized spacial score (nSPS) is 11.3. The average Bonchev–Trinajstić information content (AvgIpc) is 3.44. The third-order valence-electron chi connectivity index (χ3n) is 4.85. The molecule has 0 saturated carbocycles. The average molecular weight is 479 g/mol. The molecule has 12 nitrogen and oxygen atoms in total. The molecule has 35 heavy (non-hydrogen) atoms. The third-order valence-corrected chi connectivity index (χ3v) is 4.85. The number of nitrogens with zero attached hydrogens (tertiary/aromatic N) is 5. The molecule has 2 amide bonds. The highest BCUT2D eigenvalue weighted by molar-refractivity contribution is 6.05. The number of aromatic nitrogens is 5. The van der Waals surface area contributed by atoms with Gasteiger partial charge in [-0.1, -0.05) is 17.0 Å². The first-order valence-electron chi connectivity index (χ1n) is 10.7. The first kappa shape index (κ1) is 23.5. The van der Waals surface area contributed by atoms with Crippen molar-refractivity contribution in [3.8, 4) is 0 Å². The van der Waals surface area contributed by atoms with Gasteiger partial charge < -0.3 is 24.0 Å². The molecule has 182 valence electrons. The van der Waals surface area contributed by atoms with E-state index >= 15 is 0 Å². The van der Waals surface area contributed by atoms with Gasteiger partial charge in [0, 0.05) is 26.5 Å². The number of anilines is 2. The summed E-state index contributed by atoms with van der Waals surface area (Å²) in [4.78, 5) is 43.9. The number of fused-ring (bicyclic) bond motifs is 1. The fourth-order valence-corrected chi connectivity index (χ4v) is 3.35. The summed E-state index contributed by atoms with van der Waals surface area (Å²) in [7, 11) is 3.32. The van der Waals surface area contributed by atoms with Gasteiger partial charge in [-0.2, -0.15) is 0 Å². The van der Waals surface area contributed by atoms with Gasteiger partial charge in [-0.3, -0.25) is 10.1 Å². The van der Waals surface area contributed by atoms with Gasteiger partial charge in [0.2, 0.25) is 0 Å². The van der Waals surface area contributed by atoms with E-state index in [1.165, 1.54) is 16.7 Å². The van der Waals surface area contributed by atoms with E-state index in [9.17, 15) is 14.4 Å². The minimum Gasteiger partial charge on any atom is -0.444 e. The number of nitrogens with one attached hydrogen (secondary N) is 2. The second-order valence-corrected chi connectivity index (χ2v) is 8.86. The SMILES string of the molecule is Cn1cc(NC(=O)OC(C)(C)C)cc1C(=O)Nc1cc(C(=O)On2nnc3ccccc32)n(C)c1. The molecule has 1 aromatic carbocycles. The van der Waals surface area contributed by atoms with Crippen LogP contribution in [0.4, 0.5) is 16.2 Å². The number of hydrogen-bond donors (Lipinski definition) is 2. The van der Waals surface area contributed by atoms with Gasteiger partial charge in [0.15, 0.2) is 0 Å². The van der Waals surface area contributed by atoms with Crippen molar-refractivity contribution >= 4 is 40.4 Å². The zero-order chi connectivity index (χ0) is 25.3. The van der Waals surface area contributed by atoms with Crippen molar-refractivity contribution in [2.75, 3.05) is 10.6 Å². The largest absolute Gasteiger partial charge is 0.444 e. The standard InChI is InChI=1S/C23H25N7O5/c1-23(2,3)34-22(33)25-15-10-18(28(4)13-15)20(31)24-14-11-19(29(5)12-14)21(32)35-30-17-9-7-6-8-16(17)26-27-30/h6-13H,1-5H3,(H,24,31)(H,25,33). The maximum atomic E-state index is 12.8. The highest BCUT2D eigenvalue weighted by Gasteiger charge is 2.20. The van der Waals surface area contributed by atoms with Crippen molar-refractivity contribution < 1.29 is 24.0 Å². The van der Waals surface area contributed by atoms with Crippen LogP contribution >= 0.6 is 0 Å². The highest BCUT2D eigenvalue weighted by atomic mass is 16.7. The smallest absolute Gasteiger partial charge is 0.412 e. The Morgan fingerprint density at radius 3 is 2.26 bits per heavy atom.